The number of hydrogen-bond donors (Lipinski definition) is 5. The summed E-state index contributed by atoms with van der Waals surface area (Å²) < 4.78 is 17.1. The van der Waals surface area contributed by atoms with Crippen molar-refractivity contribution in [2.24, 2.45) is 34.5 Å². The van der Waals surface area contributed by atoms with E-state index in [-0.39, 0.29) is 40.8 Å². The van der Waals surface area contributed by atoms with Gasteiger partial charge in [0.2, 0.25) is 0 Å². The van der Waals surface area contributed by atoms with Crippen molar-refractivity contribution in [2.45, 2.75) is 134 Å². The number of esters is 1. The maximum absolute atomic E-state index is 12.4. The molecule has 13 unspecified atom stereocenters. The normalized spacial score (nSPS) is 50.9. The zero-order valence-electron chi connectivity index (χ0n) is 24.4. The van der Waals surface area contributed by atoms with Gasteiger partial charge >= 0.3 is 5.97 Å². The second-order valence-electron chi connectivity index (χ2n) is 14.1. The highest BCUT2D eigenvalue weighted by Gasteiger charge is 2.66. The predicted molar refractivity (Wildman–Crippen MR) is 146 cm³/mol. The number of ether oxygens (including phenoxy) is 3. The highest BCUT2D eigenvalue weighted by Crippen LogP contribution is 2.69. The van der Waals surface area contributed by atoms with Crippen molar-refractivity contribution in [3.05, 3.63) is 12.2 Å². The number of aliphatic hydroxyl groups is 5. The van der Waals surface area contributed by atoms with E-state index in [1.54, 1.807) is 6.08 Å². The molecule has 0 aromatic rings. The summed E-state index contributed by atoms with van der Waals surface area (Å²) in [6.07, 6.45) is 5.02. The Hall–Kier alpha value is -1.07. The molecule has 0 spiro atoms. The van der Waals surface area contributed by atoms with Gasteiger partial charge in [0, 0.05) is 11.5 Å². The summed E-state index contributed by atoms with van der Waals surface area (Å²) in [4.78, 5) is 12.2. The summed E-state index contributed by atoms with van der Waals surface area (Å²) in [7, 11) is 0. The standard InChI is InChI=1S/C31H50O9/c1-17(2)38-24(33)8-6-18-9-14-31(37)22-7-5-19-15-20(10-12-29(19,3)21(22)11-13-30(18,31)4)39-28-27(36)26(35)25(34)23(16-32)40-28/h6,8,17-23,25-28,32,34-37H,5,7,9-16H2,1-4H3/b8-6+. The second-order valence-corrected chi connectivity index (χ2v) is 14.1. The number of aliphatic hydroxyl groups excluding tert-OH is 4. The van der Waals surface area contributed by atoms with Gasteiger partial charge in [-0.2, -0.15) is 0 Å². The van der Waals surface area contributed by atoms with E-state index in [4.69, 9.17) is 14.2 Å². The fourth-order valence-corrected chi connectivity index (χ4v) is 9.50. The van der Waals surface area contributed by atoms with E-state index in [0.29, 0.717) is 11.8 Å². The molecule has 5 N–H and O–H groups in total. The first-order valence-electron chi connectivity index (χ1n) is 15.4. The highest BCUT2D eigenvalue weighted by molar-refractivity contribution is 5.82. The van der Waals surface area contributed by atoms with Crippen LogP contribution in [0.15, 0.2) is 12.2 Å². The number of carbonyl (C=O) groups is 1. The lowest BCUT2D eigenvalue weighted by molar-refractivity contribution is -0.317. The van der Waals surface area contributed by atoms with Crippen LogP contribution in [0.2, 0.25) is 0 Å². The van der Waals surface area contributed by atoms with Crippen molar-refractivity contribution >= 4 is 5.97 Å². The Morgan fingerprint density at radius 1 is 0.975 bits per heavy atom. The Morgan fingerprint density at radius 2 is 1.73 bits per heavy atom. The van der Waals surface area contributed by atoms with Gasteiger partial charge in [0.1, 0.15) is 24.4 Å². The van der Waals surface area contributed by atoms with Gasteiger partial charge in [0.05, 0.1) is 24.4 Å². The predicted octanol–water partition coefficient (Wildman–Crippen LogP) is 2.45. The molecule has 4 saturated carbocycles. The summed E-state index contributed by atoms with van der Waals surface area (Å²) in [5.74, 6) is 0.862. The number of rotatable bonds is 6. The first-order chi connectivity index (χ1) is 18.8. The van der Waals surface area contributed by atoms with Crippen molar-refractivity contribution in [1.29, 1.82) is 0 Å². The van der Waals surface area contributed by atoms with E-state index < -0.39 is 42.9 Å². The zero-order valence-corrected chi connectivity index (χ0v) is 24.4. The number of hydrogen-bond acceptors (Lipinski definition) is 9. The van der Waals surface area contributed by atoms with Crippen LogP contribution in [-0.2, 0) is 19.0 Å². The minimum Gasteiger partial charge on any atom is -0.460 e. The van der Waals surface area contributed by atoms with Gasteiger partial charge in [-0.25, -0.2) is 4.79 Å². The minimum absolute atomic E-state index is 0.0736. The summed E-state index contributed by atoms with van der Waals surface area (Å²) in [5.41, 5.74) is -0.954. The smallest absolute Gasteiger partial charge is 0.330 e. The van der Waals surface area contributed by atoms with Crippen LogP contribution in [0.3, 0.4) is 0 Å². The molecule has 5 fully saturated rings. The van der Waals surface area contributed by atoms with E-state index in [1.165, 1.54) is 0 Å². The van der Waals surface area contributed by atoms with Crippen molar-refractivity contribution in [3.63, 3.8) is 0 Å². The highest BCUT2D eigenvalue weighted by atomic mass is 16.7. The van der Waals surface area contributed by atoms with Crippen LogP contribution in [-0.4, -0.2) is 86.6 Å². The van der Waals surface area contributed by atoms with Crippen LogP contribution in [0.4, 0.5) is 0 Å². The Labute approximate surface area is 237 Å². The minimum atomic E-state index is -1.44. The third-order valence-electron chi connectivity index (χ3n) is 11.9. The molecule has 9 nitrogen and oxygen atoms in total. The molecular weight excluding hydrogens is 516 g/mol. The molecule has 13 atom stereocenters. The lowest BCUT2D eigenvalue weighted by Crippen LogP contribution is -2.62. The third kappa shape index (κ3) is 4.97. The lowest BCUT2D eigenvalue weighted by atomic mass is 9.43. The molecule has 228 valence electrons. The maximum Gasteiger partial charge on any atom is 0.330 e. The van der Waals surface area contributed by atoms with Crippen molar-refractivity contribution < 1.29 is 44.5 Å². The van der Waals surface area contributed by atoms with Crippen molar-refractivity contribution in [2.75, 3.05) is 6.61 Å². The Kier molecular flexibility index (Phi) is 8.52. The first-order valence-corrected chi connectivity index (χ1v) is 15.4. The number of carbonyl (C=O) groups excluding carboxylic acids is 1. The van der Waals surface area contributed by atoms with Crippen LogP contribution >= 0.6 is 0 Å². The van der Waals surface area contributed by atoms with Gasteiger partial charge in [-0.1, -0.05) is 19.9 Å². The molecule has 0 bridgehead atoms. The van der Waals surface area contributed by atoms with Gasteiger partial charge < -0.3 is 39.7 Å². The molecule has 1 aliphatic heterocycles. The lowest BCUT2D eigenvalue weighted by Gasteiger charge is -2.63. The molecule has 40 heavy (non-hydrogen) atoms. The average Bonchev–Trinajstić information content (AvgIpc) is 3.17. The van der Waals surface area contributed by atoms with Crippen LogP contribution < -0.4 is 0 Å². The molecule has 0 amide bonds. The van der Waals surface area contributed by atoms with Crippen LogP contribution in [0.5, 0.6) is 0 Å². The fraction of sp³-hybridized carbons (Fsp3) is 0.903. The van der Waals surface area contributed by atoms with Crippen LogP contribution in [0, 0.1) is 34.5 Å². The molecular formula is C31H50O9. The molecule has 5 rings (SSSR count). The molecule has 0 radical (unpaired) electrons. The Bertz CT molecular complexity index is 953. The number of fused-ring (bicyclic) bond motifs is 5. The summed E-state index contributed by atoms with van der Waals surface area (Å²) in [6, 6.07) is 0. The molecule has 5 aliphatic rings. The van der Waals surface area contributed by atoms with E-state index in [0.717, 1.165) is 57.8 Å². The van der Waals surface area contributed by atoms with Gasteiger partial charge in [-0.3, -0.25) is 0 Å². The molecule has 9 heteroatoms. The van der Waals surface area contributed by atoms with Gasteiger partial charge in [-0.15, -0.1) is 0 Å². The third-order valence-corrected chi connectivity index (χ3v) is 11.9. The summed E-state index contributed by atoms with van der Waals surface area (Å²) in [5, 5.41) is 52.6. The van der Waals surface area contributed by atoms with Gasteiger partial charge in [0.15, 0.2) is 6.29 Å². The Morgan fingerprint density at radius 3 is 2.42 bits per heavy atom. The van der Waals surface area contributed by atoms with E-state index in [1.807, 2.05) is 19.9 Å². The summed E-state index contributed by atoms with van der Waals surface area (Å²) in [6.45, 7) is 7.82. The monoisotopic (exact) mass is 566 g/mol. The summed E-state index contributed by atoms with van der Waals surface area (Å²) >= 11 is 0. The largest absolute Gasteiger partial charge is 0.460 e. The molecule has 4 aliphatic carbocycles. The first kappa shape index (κ1) is 30.4. The quantitative estimate of drug-likeness (QED) is 0.186. The Balaban J connectivity index is 1.25. The second kappa shape index (κ2) is 11.2. The van der Waals surface area contributed by atoms with Crippen LogP contribution in [0.25, 0.3) is 0 Å². The number of allylic oxidation sites excluding steroid dienone is 1. The van der Waals surface area contributed by atoms with E-state index in [9.17, 15) is 30.3 Å². The van der Waals surface area contributed by atoms with E-state index >= 15 is 0 Å². The maximum atomic E-state index is 12.4. The van der Waals surface area contributed by atoms with Crippen molar-refractivity contribution in [1.82, 2.24) is 0 Å². The van der Waals surface area contributed by atoms with Gasteiger partial charge in [-0.05, 0) is 101 Å². The fourth-order valence-electron chi connectivity index (χ4n) is 9.50. The molecule has 0 aromatic carbocycles. The zero-order chi connectivity index (χ0) is 29.0. The van der Waals surface area contributed by atoms with E-state index in [2.05, 4.69) is 13.8 Å². The van der Waals surface area contributed by atoms with Gasteiger partial charge in [0.25, 0.3) is 0 Å². The molecule has 1 saturated heterocycles. The molecule has 1 heterocycles. The SMILES string of the molecule is CC(C)OC(=O)/C=C/C1CCC2(O)C3CCC4CC(OC5OC(CO)C(O)C(O)C5O)CCC4(C)C3CCC12C. The van der Waals surface area contributed by atoms with Crippen molar-refractivity contribution in [3.8, 4) is 0 Å². The topological polar surface area (TPSA) is 146 Å². The van der Waals surface area contributed by atoms with Crippen LogP contribution in [0.1, 0.15) is 85.5 Å². The molecule has 0 aromatic heterocycles. The average molecular weight is 567 g/mol.